The van der Waals surface area contributed by atoms with Crippen molar-refractivity contribution in [2.24, 2.45) is 5.73 Å². The number of nitrogens with two attached hydrogens (primary N) is 1. The van der Waals surface area contributed by atoms with Gasteiger partial charge in [-0.2, -0.15) is 0 Å². The minimum absolute atomic E-state index is 0.446. The molecule has 0 amide bonds. The van der Waals surface area contributed by atoms with E-state index in [0.717, 1.165) is 11.3 Å². The van der Waals surface area contributed by atoms with E-state index in [4.69, 9.17) is 15.2 Å². The molecule has 1 aliphatic rings. The van der Waals surface area contributed by atoms with Crippen molar-refractivity contribution < 1.29 is 9.47 Å². The number of benzene rings is 1. The summed E-state index contributed by atoms with van der Waals surface area (Å²) in [6.45, 7) is 1.18. The Morgan fingerprint density at radius 2 is 2.00 bits per heavy atom. The summed E-state index contributed by atoms with van der Waals surface area (Å²) >= 11 is 0. The number of hydrogen-bond acceptors (Lipinski definition) is 3. The van der Waals surface area contributed by atoms with Gasteiger partial charge in [-0.1, -0.05) is 25.3 Å². The zero-order chi connectivity index (χ0) is 12.8. The predicted molar refractivity (Wildman–Crippen MR) is 72.5 cm³/mol. The van der Waals surface area contributed by atoms with Crippen molar-refractivity contribution >= 4 is 0 Å². The van der Waals surface area contributed by atoms with Crippen molar-refractivity contribution in [3.63, 3.8) is 0 Å². The van der Waals surface area contributed by atoms with Crippen molar-refractivity contribution in [2.75, 3.05) is 7.11 Å². The third kappa shape index (κ3) is 3.47. The summed E-state index contributed by atoms with van der Waals surface area (Å²) < 4.78 is 11.2. The Morgan fingerprint density at radius 3 is 2.67 bits per heavy atom. The maximum atomic E-state index is 5.96. The molecule has 0 heterocycles. The van der Waals surface area contributed by atoms with E-state index < -0.39 is 0 Å². The zero-order valence-corrected chi connectivity index (χ0v) is 11.2. The molecule has 0 aliphatic heterocycles. The molecule has 0 saturated heterocycles. The topological polar surface area (TPSA) is 44.5 Å². The lowest BCUT2D eigenvalue weighted by Gasteiger charge is -2.22. The second-order valence-electron chi connectivity index (χ2n) is 4.92. The van der Waals surface area contributed by atoms with Crippen LogP contribution in [0.3, 0.4) is 0 Å². The molecule has 100 valence electrons. The fourth-order valence-electron chi connectivity index (χ4n) is 2.53. The van der Waals surface area contributed by atoms with Gasteiger partial charge in [-0.3, -0.25) is 0 Å². The molecule has 0 aromatic heterocycles. The highest BCUT2D eigenvalue weighted by molar-refractivity contribution is 5.36. The fourth-order valence-corrected chi connectivity index (χ4v) is 2.53. The van der Waals surface area contributed by atoms with E-state index in [2.05, 4.69) is 12.1 Å². The highest BCUT2D eigenvalue weighted by Gasteiger charge is 2.13. The van der Waals surface area contributed by atoms with Gasteiger partial charge in [-0.05, 0) is 30.5 Å². The van der Waals surface area contributed by atoms with Crippen LogP contribution in [0.2, 0.25) is 0 Å². The van der Waals surface area contributed by atoms with Crippen LogP contribution in [0, 0.1) is 0 Å². The monoisotopic (exact) mass is 249 g/mol. The normalized spacial score (nSPS) is 16.8. The molecule has 0 spiro atoms. The van der Waals surface area contributed by atoms with Gasteiger partial charge in [-0.15, -0.1) is 0 Å². The average molecular weight is 249 g/mol. The van der Waals surface area contributed by atoms with Crippen LogP contribution in [0.15, 0.2) is 18.2 Å². The number of rotatable bonds is 5. The summed E-state index contributed by atoms with van der Waals surface area (Å²) in [7, 11) is 1.67. The Labute approximate surface area is 109 Å². The maximum absolute atomic E-state index is 5.96. The van der Waals surface area contributed by atoms with Gasteiger partial charge in [0.2, 0.25) is 0 Å². The molecular formula is C15H23NO2. The molecule has 0 unspecified atom stereocenters. The summed E-state index contributed by atoms with van der Waals surface area (Å²) in [5, 5.41) is 0. The van der Waals surface area contributed by atoms with Crippen LogP contribution >= 0.6 is 0 Å². The van der Waals surface area contributed by atoms with E-state index in [9.17, 15) is 0 Å². The van der Waals surface area contributed by atoms with Crippen LogP contribution in [-0.4, -0.2) is 13.2 Å². The molecule has 1 aliphatic carbocycles. The van der Waals surface area contributed by atoms with Gasteiger partial charge in [0, 0.05) is 12.1 Å². The van der Waals surface area contributed by atoms with Crippen molar-refractivity contribution in [1.82, 2.24) is 0 Å². The third-order valence-corrected chi connectivity index (χ3v) is 3.60. The summed E-state index contributed by atoms with van der Waals surface area (Å²) in [4.78, 5) is 0. The summed E-state index contributed by atoms with van der Waals surface area (Å²) in [5.74, 6) is 0.860. The highest BCUT2D eigenvalue weighted by atomic mass is 16.5. The van der Waals surface area contributed by atoms with Gasteiger partial charge in [-0.25, -0.2) is 0 Å². The third-order valence-electron chi connectivity index (χ3n) is 3.60. The Balaban J connectivity index is 1.92. The van der Waals surface area contributed by atoms with Crippen LogP contribution in [0.5, 0.6) is 5.75 Å². The summed E-state index contributed by atoms with van der Waals surface area (Å²) in [6, 6.07) is 6.12. The minimum atomic E-state index is 0.446. The van der Waals surface area contributed by atoms with E-state index in [1.54, 1.807) is 7.11 Å². The van der Waals surface area contributed by atoms with E-state index in [0.29, 0.717) is 19.3 Å². The quantitative estimate of drug-likeness (QED) is 0.872. The molecule has 3 heteroatoms. The zero-order valence-electron chi connectivity index (χ0n) is 11.2. The lowest BCUT2D eigenvalue weighted by molar-refractivity contribution is 0.0168. The van der Waals surface area contributed by atoms with Gasteiger partial charge in [0.15, 0.2) is 0 Å². The van der Waals surface area contributed by atoms with E-state index in [-0.39, 0.29) is 0 Å². The van der Waals surface area contributed by atoms with Gasteiger partial charge < -0.3 is 15.2 Å². The predicted octanol–water partition coefficient (Wildman–Crippen LogP) is 3.00. The number of ether oxygens (including phenoxy) is 2. The molecule has 0 atom stereocenters. The van der Waals surface area contributed by atoms with Crippen LogP contribution in [0.1, 0.15) is 43.2 Å². The molecule has 1 aromatic carbocycles. The average Bonchev–Trinajstić information content (AvgIpc) is 2.45. The molecule has 0 bridgehead atoms. The smallest absolute Gasteiger partial charge is 0.123 e. The first-order chi connectivity index (χ1) is 8.83. The first-order valence-electron chi connectivity index (χ1n) is 6.81. The molecule has 3 nitrogen and oxygen atoms in total. The summed E-state index contributed by atoms with van der Waals surface area (Å²) in [5.41, 5.74) is 7.94. The van der Waals surface area contributed by atoms with E-state index in [1.807, 2.05) is 6.07 Å². The SMILES string of the molecule is COc1ccc(COC2CCCCC2)cc1CN. The van der Waals surface area contributed by atoms with Crippen molar-refractivity contribution in [3.8, 4) is 5.75 Å². The Bertz CT molecular complexity index is 373. The van der Waals surface area contributed by atoms with E-state index in [1.165, 1.54) is 37.7 Å². The highest BCUT2D eigenvalue weighted by Crippen LogP contribution is 2.23. The molecule has 1 saturated carbocycles. The fraction of sp³-hybridized carbons (Fsp3) is 0.600. The maximum Gasteiger partial charge on any atom is 0.123 e. The first kappa shape index (κ1) is 13.4. The Kier molecular flexibility index (Phi) is 5.02. The van der Waals surface area contributed by atoms with Gasteiger partial charge in [0.25, 0.3) is 0 Å². The van der Waals surface area contributed by atoms with Crippen LogP contribution in [0.25, 0.3) is 0 Å². The van der Waals surface area contributed by atoms with Gasteiger partial charge in [0.1, 0.15) is 5.75 Å². The second-order valence-corrected chi connectivity index (χ2v) is 4.92. The van der Waals surface area contributed by atoms with E-state index >= 15 is 0 Å². The number of hydrogen-bond donors (Lipinski definition) is 1. The standard InChI is InChI=1S/C15H23NO2/c1-17-15-8-7-12(9-13(15)10-16)11-18-14-5-3-2-4-6-14/h7-9,14H,2-6,10-11,16H2,1H3. The van der Waals surface area contributed by atoms with Gasteiger partial charge in [0.05, 0.1) is 19.8 Å². The molecule has 18 heavy (non-hydrogen) atoms. The van der Waals surface area contributed by atoms with Crippen molar-refractivity contribution in [2.45, 2.75) is 51.4 Å². The first-order valence-corrected chi connectivity index (χ1v) is 6.81. The summed E-state index contributed by atoms with van der Waals surface area (Å²) in [6.07, 6.45) is 6.84. The molecule has 1 fully saturated rings. The largest absolute Gasteiger partial charge is 0.496 e. The Morgan fingerprint density at radius 1 is 1.22 bits per heavy atom. The lowest BCUT2D eigenvalue weighted by atomic mass is 9.98. The second kappa shape index (κ2) is 6.76. The van der Waals surface area contributed by atoms with Gasteiger partial charge >= 0.3 is 0 Å². The molecule has 2 N–H and O–H groups in total. The number of methoxy groups -OCH3 is 1. The van der Waals surface area contributed by atoms with Crippen LogP contribution in [-0.2, 0) is 17.9 Å². The van der Waals surface area contributed by atoms with Crippen molar-refractivity contribution in [1.29, 1.82) is 0 Å². The molecule has 1 aromatic rings. The molecule has 0 radical (unpaired) electrons. The van der Waals surface area contributed by atoms with Crippen molar-refractivity contribution in [3.05, 3.63) is 29.3 Å². The lowest BCUT2D eigenvalue weighted by Crippen LogP contribution is -2.16. The minimum Gasteiger partial charge on any atom is -0.496 e. The molecular weight excluding hydrogens is 226 g/mol. The van der Waals surface area contributed by atoms with Crippen LogP contribution in [0.4, 0.5) is 0 Å². The Hall–Kier alpha value is -1.06. The molecule has 2 rings (SSSR count). The van der Waals surface area contributed by atoms with Crippen LogP contribution < -0.4 is 10.5 Å².